The van der Waals surface area contributed by atoms with Crippen LogP contribution >= 0.6 is 0 Å². The quantitative estimate of drug-likeness (QED) is 0.522. The lowest BCUT2D eigenvalue weighted by atomic mass is 9.91. The zero-order chi connectivity index (χ0) is 27.7. The minimum atomic E-state index is -0.314. The van der Waals surface area contributed by atoms with Crippen molar-refractivity contribution in [2.45, 2.75) is 51.1 Å². The highest BCUT2D eigenvalue weighted by Gasteiger charge is 2.24. The summed E-state index contributed by atoms with van der Waals surface area (Å²) in [6.07, 6.45) is 3.41. The number of rotatable bonds is 4. The van der Waals surface area contributed by atoms with E-state index in [4.69, 9.17) is 4.42 Å². The molecule has 1 fully saturated rings. The van der Waals surface area contributed by atoms with Crippen molar-refractivity contribution in [1.82, 2.24) is 20.4 Å². The van der Waals surface area contributed by atoms with Crippen LogP contribution in [-0.4, -0.2) is 60.2 Å². The molecule has 1 atom stereocenters. The van der Waals surface area contributed by atoms with Crippen LogP contribution in [0.5, 0.6) is 0 Å². The Balaban J connectivity index is 1.20. The number of carbonyl (C=O) groups is 3. The lowest BCUT2D eigenvalue weighted by molar-refractivity contribution is -0.123. The number of benzene rings is 2. The molecule has 8 heteroatoms. The summed E-state index contributed by atoms with van der Waals surface area (Å²) in [5.74, 6) is 0.632. The third-order valence-electron chi connectivity index (χ3n) is 7.82. The number of furan rings is 1. The molecule has 210 valence electrons. The molecule has 2 N–H and O–H groups in total. The molecule has 1 saturated heterocycles. The SMILES string of the molecule is O=C1CCC(c2ccccc2)CCNC(=O)CN(C(=O)c2ccc(CN3CCc4ccccc4C3)o2)CCCN1. The average molecular weight is 543 g/mol. The van der Waals surface area contributed by atoms with E-state index in [0.29, 0.717) is 39.0 Å². The Morgan fingerprint density at radius 1 is 0.800 bits per heavy atom. The van der Waals surface area contributed by atoms with Gasteiger partial charge in [0, 0.05) is 39.1 Å². The van der Waals surface area contributed by atoms with Gasteiger partial charge in [-0.1, -0.05) is 54.6 Å². The Hall–Kier alpha value is -3.91. The van der Waals surface area contributed by atoms with Gasteiger partial charge in [0.2, 0.25) is 11.8 Å². The summed E-state index contributed by atoms with van der Waals surface area (Å²) in [6.45, 7) is 3.62. The number of hydrogen-bond acceptors (Lipinski definition) is 5. The molecule has 3 heterocycles. The lowest BCUT2D eigenvalue weighted by Gasteiger charge is -2.27. The number of carbonyl (C=O) groups excluding carboxylic acids is 3. The van der Waals surface area contributed by atoms with Crippen molar-refractivity contribution < 1.29 is 18.8 Å². The zero-order valence-corrected chi connectivity index (χ0v) is 22.9. The molecule has 5 rings (SSSR count). The molecule has 0 saturated carbocycles. The van der Waals surface area contributed by atoms with Crippen molar-refractivity contribution in [3.05, 3.63) is 94.9 Å². The van der Waals surface area contributed by atoms with E-state index < -0.39 is 0 Å². The van der Waals surface area contributed by atoms with E-state index in [0.717, 1.165) is 43.7 Å². The van der Waals surface area contributed by atoms with Crippen molar-refractivity contribution in [1.29, 1.82) is 0 Å². The largest absolute Gasteiger partial charge is 0.455 e. The minimum Gasteiger partial charge on any atom is -0.455 e. The first-order valence-corrected chi connectivity index (χ1v) is 14.3. The Bertz CT molecular complexity index is 1310. The van der Waals surface area contributed by atoms with Gasteiger partial charge in [0.05, 0.1) is 13.1 Å². The predicted octanol–water partition coefficient (Wildman–Crippen LogP) is 3.87. The Kier molecular flexibility index (Phi) is 9.29. The van der Waals surface area contributed by atoms with Crippen molar-refractivity contribution >= 4 is 17.7 Å². The van der Waals surface area contributed by atoms with Crippen molar-refractivity contribution in [2.75, 3.05) is 32.7 Å². The maximum absolute atomic E-state index is 13.4. The van der Waals surface area contributed by atoms with Crippen molar-refractivity contribution in [3.63, 3.8) is 0 Å². The molecule has 3 amide bonds. The van der Waals surface area contributed by atoms with Gasteiger partial charge < -0.3 is 20.0 Å². The van der Waals surface area contributed by atoms with Gasteiger partial charge >= 0.3 is 0 Å². The molecule has 1 unspecified atom stereocenters. The molecule has 1 aromatic heterocycles. The molecule has 2 aliphatic heterocycles. The number of amides is 3. The van der Waals surface area contributed by atoms with Gasteiger partial charge in [-0.25, -0.2) is 0 Å². The first-order valence-electron chi connectivity index (χ1n) is 14.3. The van der Waals surface area contributed by atoms with E-state index in [-0.39, 0.29) is 35.9 Å². The number of nitrogens with zero attached hydrogens (tertiary/aromatic N) is 2. The highest BCUT2D eigenvalue weighted by atomic mass is 16.4. The van der Waals surface area contributed by atoms with E-state index in [2.05, 4.69) is 51.9 Å². The molecule has 0 spiro atoms. The van der Waals surface area contributed by atoms with Crippen LogP contribution in [0.2, 0.25) is 0 Å². The third kappa shape index (κ3) is 7.39. The van der Waals surface area contributed by atoms with Gasteiger partial charge in [-0.3, -0.25) is 19.3 Å². The first kappa shape index (κ1) is 27.6. The molecule has 0 aliphatic carbocycles. The van der Waals surface area contributed by atoms with Gasteiger partial charge in [0.25, 0.3) is 5.91 Å². The molecule has 8 nitrogen and oxygen atoms in total. The Morgan fingerprint density at radius 2 is 1.57 bits per heavy atom. The Labute approximate surface area is 235 Å². The average Bonchev–Trinajstić information content (AvgIpc) is 3.44. The summed E-state index contributed by atoms with van der Waals surface area (Å²) in [4.78, 5) is 42.6. The van der Waals surface area contributed by atoms with Gasteiger partial charge in [0.1, 0.15) is 5.76 Å². The van der Waals surface area contributed by atoms with Crippen LogP contribution in [0.3, 0.4) is 0 Å². The maximum atomic E-state index is 13.4. The highest BCUT2D eigenvalue weighted by molar-refractivity contribution is 5.94. The summed E-state index contributed by atoms with van der Waals surface area (Å²) in [6, 6.07) is 22.1. The van der Waals surface area contributed by atoms with Crippen LogP contribution in [0.25, 0.3) is 0 Å². The number of hydrogen-bond donors (Lipinski definition) is 2. The van der Waals surface area contributed by atoms with E-state index in [9.17, 15) is 14.4 Å². The molecular weight excluding hydrogens is 504 g/mol. The highest BCUT2D eigenvalue weighted by Crippen LogP contribution is 2.25. The van der Waals surface area contributed by atoms with Gasteiger partial charge in [-0.05, 0) is 60.4 Å². The predicted molar refractivity (Wildman–Crippen MR) is 153 cm³/mol. The Morgan fingerprint density at radius 3 is 2.42 bits per heavy atom. The van der Waals surface area contributed by atoms with Crippen LogP contribution < -0.4 is 10.6 Å². The summed E-state index contributed by atoms with van der Waals surface area (Å²) in [7, 11) is 0. The van der Waals surface area contributed by atoms with Crippen LogP contribution in [0.4, 0.5) is 0 Å². The van der Waals surface area contributed by atoms with E-state index >= 15 is 0 Å². The van der Waals surface area contributed by atoms with Crippen LogP contribution in [0.15, 0.2) is 71.1 Å². The fourth-order valence-electron chi connectivity index (χ4n) is 5.60. The lowest BCUT2D eigenvalue weighted by Crippen LogP contribution is -2.42. The van der Waals surface area contributed by atoms with Crippen LogP contribution in [-0.2, 0) is 29.1 Å². The molecule has 3 aromatic rings. The van der Waals surface area contributed by atoms with Crippen molar-refractivity contribution in [3.8, 4) is 0 Å². The summed E-state index contributed by atoms with van der Waals surface area (Å²) >= 11 is 0. The monoisotopic (exact) mass is 542 g/mol. The van der Waals surface area contributed by atoms with E-state index in [1.807, 2.05) is 24.3 Å². The number of nitrogens with one attached hydrogen (secondary N) is 2. The molecule has 2 aliphatic rings. The van der Waals surface area contributed by atoms with Crippen molar-refractivity contribution in [2.24, 2.45) is 0 Å². The van der Waals surface area contributed by atoms with Gasteiger partial charge in [0.15, 0.2) is 5.76 Å². The summed E-state index contributed by atoms with van der Waals surface area (Å²) in [5, 5.41) is 5.95. The van der Waals surface area contributed by atoms with E-state index in [1.54, 1.807) is 6.07 Å². The molecule has 2 aromatic carbocycles. The van der Waals surface area contributed by atoms with Crippen LogP contribution in [0, 0.1) is 0 Å². The summed E-state index contributed by atoms with van der Waals surface area (Å²) < 4.78 is 5.98. The standard InChI is InChI=1S/C32H38N4O4/c37-30-14-11-26(24-7-2-1-3-8-24)15-18-34-31(38)23-36(19-6-17-33-30)32(39)29-13-12-28(40-29)22-35-20-16-25-9-4-5-10-27(25)21-35/h1-5,7-10,12-13,26H,6,11,14-23H2,(H,33,37)(H,34,38). The second-order valence-corrected chi connectivity index (χ2v) is 10.7. The molecule has 0 bridgehead atoms. The molecular formula is C32H38N4O4. The summed E-state index contributed by atoms with van der Waals surface area (Å²) in [5.41, 5.74) is 3.88. The second-order valence-electron chi connectivity index (χ2n) is 10.7. The first-order chi connectivity index (χ1) is 19.5. The van der Waals surface area contributed by atoms with E-state index in [1.165, 1.54) is 16.0 Å². The van der Waals surface area contributed by atoms with Gasteiger partial charge in [-0.2, -0.15) is 0 Å². The maximum Gasteiger partial charge on any atom is 0.290 e. The minimum absolute atomic E-state index is 0.0101. The fraction of sp³-hybridized carbons (Fsp3) is 0.406. The molecule has 0 radical (unpaired) electrons. The molecule has 40 heavy (non-hydrogen) atoms. The zero-order valence-electron chi connectivity index (χ0n) is 22.9. The number of fused-ring (bicyclic) bond motifs is 1. The topological polar surface area (TPSA) is 94.9 Å². The second kappa shape index (κ2) is 13.4. The normalized spacial score (nSPS) is 19.7. The third-order valence-corrected chi connectivity index (χ3v) is 7.82. The van der Waals surface area contributed by atoms with Gasteiger partial charge in [-0.15, -0.1) is 0 Å². The van der Waals surface area contributed by atoms with Crippen LogP contribution in [0.1, 0.15) is 64.6 Å². The fourth-order valence-corrected chi connectivity index (χ4v) is 5.60. The smallest absolute Gasteiger partial charge is 0.290 e.